The van der Waals surface area contributed by atoms with Gasteiger partial charge in [-0.1, -0.05) is 23.2 Å². The molecule has 1 aromatic heterocycles. The van der Waals surface area contributed by atoms with Crippen LogP contribution in [0.4, 0.5) is 0 Å². The van der Waals surface area contributed by atoms with Crippen molar-refractivity contribution in [2.45, 2.75) is 6.92 Å². The van der Waals surface area contributed by atoms with Gasteiger partial charge < -0.3 is 4.74 Å². The lowest BCUT2D eigenvalue weighted by Crippen LogP contribution is -1.88. The molecule has 0 fully saturated rings. The van der Waals surface area contributed by atoms with Crippen molar-refractivity contribution in [1.29, 1.82) is 0 Å². The molecule has 1 heterocycles. The summed E-state index contributed by atoms with van der Waals surface area (Å²) in [7, 11) is 0. The second-order valence-corrected chi connectivity index (χ2v) is 2.90. The summed E-state index contributed by atoms with van der Waals surface area (Å²) in [6.45, 7) is 2.49. The molecule has 0 aliphatic heterocycles. The number of aromatic nitrogens is 2. The van der Waals surface area contributed by atoms with E-state index >= 15 is 0 Å². The Morgan fingerprint density at radius 1 is 1.38 bits per heavy atom. The molecule has 0 aliphatic carbocycles. The molecule has 70 valence electrons. The van der Waals surface area contributed by atoms with Crippen LogP contribution in [0.5, 0.6) is 0 Å². The minimum absolute atomic E-state index is 0.316. The number of ether oxygens (including phenoxy) is 1. The quantitative estimate of drug-likeness (QED) is 0.579. The highest BCUT2D eigenvalue weighted by atomic mass is 35.5. The first-order valence-corrected chi connectivity index (χ1v) is 4.46. The maximum atomic E-state index is 5.65. The van der Waals surface area contributed by atoms with Gasteiger partial charge in [-0.15, -0.1) is 0 Å². The average Bonchev–Trinajstić information content (AvgIpc) is 2.03. The van der Waals surface area contributed by atoms with E-state index in [1.807, 2.05) is 6.92 Å². The minimum atomic E-state index is 0.316. The highest BCUT2D eigenvalue weighted by Gasteiger charge is 1.97. The van der Waals surface area contributed by atoms with Gasteiger partial charge in [-0.2, -0.15) is 0 Å². The first kappa shape index (κ1) is 10.3. The molecule has 0 atom stereocenters. The molecule has 1 aromatic rings. The zero-order valence-corrected chi connectivity index (χ0v) is 8.51. The van der Waals surface area contributed by atoms with Gasteiger partial charge >= 0.3 is 0 Å². The van der Waals surface area contributed by atoms with Crippen molar-refractivity contribution >= 4 is 29.3 Å². The molecule has 0 aliphatic rings. The Balaban J connectivity index is 2.77. The molecule has 0 radical (unpaired) electrons. The maximum absolute atomic E-state index is 5.65. The zero-order chi connectivity index (χ0) is 9.68. The first-order chi connectivity index (χ1) is 6.22. The lowest BCUT2D eigenvalue weighted by molar-refractivity contribution is 0.272. The van der Waals surface area contributed by atoms with Crippen LogP contribution in [-0.2, 0) is 4.74 Å². The molecule has 0 saturated carbocycles. The Labute approximate surface area is 86.4 Å². The van der Waals surface area contributed by atoms with Crippen molar-refractivity contribution in [3.63, 3.8) is 0 Å². The largest absolute Gasteiger partial charge is 0.501 e. The Hall–Kier alpha value is -0.800. The number of rotatable bonds is 3. The molecule has 0 amide bonds. The van der Waals surface area contributed by atoms with E-state index in [0.29, 0.717) is 22.7 Å². The fourth-order valence-electron chi connectivity index (χ4n) is 0.686. The van der Waals surface area contributed by atoms with Crippen LogP contribution in [0.3, 0.4) is 0 Å². The molecular formula is C8H8Cl2N2O. The standard InChI is InChI=1S/C8H8Cl2N2O/c1-2-13-4-3-8-11-6(9)5-7(10)12-8/h3-5H,2H2,1H3/b4-3+. The monoisotopic (exact) mass is 218 g/mol. The van der Waals surface area contributed by atoms with Crippen LogP contribution >= 0.6 is 23.2 Å². The normalized spacial score (nSPS) is 10.7. The van der Waals surface area contributed by atoms with Crippen LogP contribution in [0.1, 0.15) is 12.7 Å². The van der Waals surface area contributed by atoms with E-state index in [0.717, 1.165) is 0 Å². The Kier molecular flexibility index (Phi) is 3.99. The molecule has 1 rings (SSSR count). The summed E-state index contributed by atoms with van der Waals surface area (Å²) < 4.78 is 4.97. The van der Waals surface area contributed by atoms with E-state index in [2.05, 4.69) is 9.97 Å². The molecular weight excluding hydrogens is 211 g/mol. The van der Waals surface area contributed by atoms with Gasteiger partial charge in [0.2, 0.25) is 0 Å². The van der Waals surface area contributed by atoms with E-state index < -0.39 is 0 Å². The van der Waals surface area contributed by atoms with Crippen molar-refractivity contribution in [2.75, 3.05) is 6.61 Å². The predicted octanol–water partition coefficient (Wildman–Crippen LogP) is 2.79. The second kappa shape index (κ2) is 5.04. The van der Waals surface area contributed by atoms with E-state index in [4.69, 9.17) is 27.9 Å². The fraction of sp³-hybridized carbons (Fsp3) is 0.250. The Bertz CT molecular complexity index is 295. The number of hydrogen-bond acceptors (Lipinski definition) is 3. The summed E-state index contributed by atoms with van der Waals surface area (Å²) in [5.74, 6) is 0.436. The third-order valence-corrected chi connectivity index (χ3v) is 1.55. The highest BCUT2D eigenvalue weighted by molar-refractivity contribution is 6.33. The van der Waals surface area contributed by atoms with Crippen LogP contribution in [-0.4, -0.2) is 16.6 Å². The van der Waals surface area contributed by atoms with Crippen molar-refractivity contribution in [2.24, 2.45) is 0 Å². The summed E-state index contributed by atoms with van der Waals surface area (Å²) in [4.78, 5) is 7.82. The van der Waals surface area contributed by atoms with Crippen molar-refractivity contribution in [1.82, 2.24) is 9.97 Å². The average molecular weight is 219 g/mol. The Morgan fingerprint density at radius 2 is 2.00 bits per heavy atom. The van der Waals surface area contributed by atoms with E-state index in [1.165, 1.54) is 12.3 Å². The molecule has 13 heavy (non-hydrogen) atoms. The SMILES string of the molecule is CCO/C=C/c1nc(Cl)cc(Cl)n1. The number of nitrogens with zero attached hydrogens (tertiary/aromatic N) is 2. The Morgan fingerprint density at radius 3 is 2.54 bits per heavy atom. The van der Waals surface area contributed by atoms with Crippen LogP contribution in [0, 0.1) is 0 Å². The van der Waals surface area contributed by atoms with Crippen molar-refractivity contribution < 1.29 is 4.74 Å². The van der Waals surface area contributed by atoms with Crippen LogP contribution in [0.2, 0.25) is 10.3 Å². The second-order valence-electron chi connectivity index (χ2n) is 2.13. The van der Waals surface area contributed by atoms with Gasteiger partial charge in [0.15, 0.2) is 5.82 Å². The van der Waals surface area contributed by atoms with Gasteiger partial charge in [0.1, 0.15) is 10.3 Å². The number of halogens is 2. The lowest BCUT2D eigenvalue weighted by atomic mass is 10.5. The van der Waals surface area contributed by atoms with Crippen LogP contribution in [0.25, 0.3) is 6.08 Å². The minimum Gasteiger partial charge on any atom is -0.501 e. The topological polar surface area (TPSA) is 35.0 Å². The fourth-order valence-corrected chi connectivity index (χ4v) is 1.12. The van der Waals surface area contributed by atoms with Crippen molar-refractivity contribution in [3.05, 3.63) is 28.5 Å². The smallest absolute Gasteiger partial charge is 0.158 e. The molecule has 0 bridgehead atoms. The molecule has 0 N–H and O–H groups in total. The van der Waals surface area contributed by atoms with Gasteiger partial charge in [0, 0.05) is 12.1 Å². The van der Waals surface area contributed by atoms with E-state index in [1.54, 1.807) is 6.08 Å². The summed E-state index contributed by atoms with van der Waals surface area (Å²) >= 11 is 11.3. The number of hydrogen-bond donors (Lipinski definition) is 0. The molecule has 3 nitrogen and oxygen atoms in total. The third-order valence-electron chi connectivity index (χ3n) is 1.16. The van der Waals surface area contributed by atoms with E-state index in [9.17, 15) is 0 Å². The van der Waals surface area contributed by atoms with Gasteiger partial charge in [-0.3, -0.25) is 0 Å². The summed E-state index contributed by atoms with van der Waals surface area (Å²) in [6.07, 6.45) is 3.10. The summed E-state index contributed by atoms with van der Waals surface area (Å²) in [6, 6.07) is 1.47. The molecule has 0 saturated heterocycles. The third kappa shape index (κ3) is 3.61. The molecule has 0 unspecified atom stereocenters. The van der Waals surface area contributed by atoms with Crippen molar-refractivity contribution in [3.8, 4) is 0 Å². The van der Waals surface area contributed by atoms with Gasteiger partial charge in [0.05, 0.1) is 12.9 Å². The summed E-state index contributed by atoms with van der Waals surface area (Å²) in [5.41, 5.74) is 0. The van der Waals surface area contributed by atoms with Crippen LogP contribution in [0.15, 0.2) is 12.3 Å². The molecule has 0 aromatic carbocycles. The van der Waals surface area contributed by atoms with E-state index in [-0.39, 0.29) is 0 Å². The zero-order valence-electron chi connectivity index (χ0n) is 7.00. The maximum Gasteiger partial charge on any atom is 0.158 e. The predicted molar refractivity (Wildman–Crippen MR) is 52.7 cm³/mol. The highest BCUT2D eigenvalue weighted by Crippen LogP contribution is 2.12. The van der Waals surface area contributed by atoms with Gasteiger partial charge in [0.25, 0.3) is 0 Å². The molecule has 5 heteroatoms. The van der Waals surface area contributed by atoms with Gasteiger partial charge in [-0.05, 0) is 6.92 Å². The van der Waals surface area contributed by atoms with Gasteiger partial charge in [-0.25, -0.2) is 9.97 Å². The molecule has 0 spiro atoms. The summed E-state index contributed by atoms with van der Waals surface area (Å²) in [5, 5.41) is 0.632. The lowest BCUT2D eigenvalue weighted by Gasteiger charge is -1.95. The first-order valence-electron chi connectivity index (χ1n) is 3.70. The van der Waals surface area contributed by atoms with Crippen LogP contribution < -0.4 is 0 Å².